The van der Waals surface area contributed by atoms with Crippen molar-refractivity contribution in [3.8, 4) is 5.75 Å². The average molecular weight is 447 g/mol. The fourth-order valence-electron chi connectivity index (χ4n) is 3.25. The van der Waals surface area contributed by atoms with E-state index in [-0.39, 0.29) is 18.9 Å². The van der Waals surface area contributed by atoms with E-state index in [2.05, 4.69) is 5.32 Å². The summed E-state index contributed by atoms with van der Waals surface area (Å²) in [6.45, 7) is 0.402. The molecule has 0 fully saturated rings. The highest BCUT2D eigenvalue weighted by Crippen LogP contribution is 2.28. The number of ether oxygens (including phenoxy) is 1. The number of hydrogen-bond acceptors (Lipinski definition) is 5. The molecule has 6 nitrogen and oxygen atoms in total. The molecule has 2 aromatic carbocycles. The highest BCUT2D eigenvalue weighted by molar-refractivity contribution is 7.91. The van der Waals surface area contributed by atoms with E-state index < -0.39 is 21.7 Å². The summed E-state index contributed by atoms with van der Waals surface area (Å²) < 4.78 is 45.8. The molecule has 156 valence electrons. The first-order valence-corrected chi connectivity index (χ1v) is 11.6. The van der Waals surface area contributed by atoms with E-state index in [1.807, 2.05) is 6.07 Å². The van der Waals surface area contributed by atoms with Gasteiger partial charge in [0.15, 0.2) is 6.61 Å². The third-order valence-corrected chi connectivity index (χ3v) is 7.94. The van der Waals surface area contributed by atoms with Gasteiger partial charge in [-0.15, -0.1) is 11.3 Å². The molecule has 0 radical (unpaired) electrons. The van der Waals surface area contributed by atoms with Crippen LogP contribution in [0.25, 0.3) is 0 Å². The largest absolute Gasteiger partial charge is 0.484 e. The van der Waals surface area contributed by atoms with E-state index in [1.165, 1.54) is 33.8 Å². The lowest BCUT2D eigenvalue weighted by atomic mass is 10.0. The molecular formula is C21H19FN2O4S2. The van der Waals surface area contributed by atoms with Crippen LogP contribution in [0.1, 0.15) is 11.1 Å². The number of fused-ring (bicyclic) bond motifs is 1. The van der Waals surface area contributed by atoms with Crippen LogP contribution in [0.15, 0.2) is 64.2 Å². The fraction of sp³-hybridized carbons (Fsp3) is 0.190. The Balaban J connectivity index is 1.42. The molecule has 3 aromatic rings. The second-order valence-corrected chi connectivity index (χ2v) is 9.91. The average Bonchev–Trinajstić information content (AvgIpc) is 3.28. The van der Waals surface area contributed by atoms with Crippen LogP contribution in [0.4, 0.5) is 10.1 Å². The molecule has 0 bridgehead atoms. The zero-order valence-electron chi connectivity index (χ0n) is 15.9. The van der Waals surface area contributed by atoms with E-state index in [0.717, 1.165) is 11.1 Å². The van der Waals surface area contributed by atoms with Crippen LogP contribution in [-0.4, -0.2) is 31.8 Å². The molecule has 1 amide bonds. The quantitative estimate of drug-likeness (QED) is 0.627. The summed E-state index contributed by atoms with van der Waals surface area (Å²) in [5.41, 5.74) is 2.46. The van der Waals surface area contributed by atoms with Crippen molar-refractivity contribution in [3.05, 3.63) is 76.9 Å². The lowest BCUT2D eigenvalue weighted by Crippen LogP contribution is -2.35. The Bertz CT molecular complexity index is 1160. The summed E-state index contributed by atoms with van der Waals surface area (Å²) in [5, 5.41) is 4.47. The Kier molecular flexibility index (Phi) is 5.85. The van der Waals surface area contributed by atoms with Crippen LogP contribution in [-0.2, 0) is 27.8 Å². The lowest BCUT2D eigenvalue weighted by Gasteiger charge is -2.28. The molecule has 1 aliphatic rings. The van der Waals surface area contributed by atoms with Crippen molar-refractivity contribution in [3.63, 3.8) is 0 Å². The van der Waals surface area contributed by atoms with Crippen LogP contribution >= 0.6 is 11.3 Å². The first-order chi connectivity index (χ1) is 14.4. The Morgan fingerprint density at radius 3 is 2.77 bits per heavy atom. The number of benzene rings is 2. The first kappa shape index (κ1) is 20.5. The molecule has 9 heteroatoms. The minimum Gasteiger partial charge on any atom is -0.484 e. The number of sulfonamides is 1. The third-order valence-electron chi connectivity index (χ3n) is 4.72. The summed E-state index contributed by atoms with van der Waals surface area (Å²) in [6, 6.07) is 14.3. The maximum atomic E-state index is 13.2. The van der Waals surface area contributed by atoms with Crippen molar-refractivity contribution in [1.29, 1.82) is 0 Å². The van der Waals surface area contributed by atoms with Gasteiger partial charge < -0.3 is 10.1 Å². The summed E-state index contributed by atoms with van der Waals surface area (Å²) in [5.74, 6) is -0.562. The molecular weight excluding hydrogens is 427 g/mol. The number of anilines is 1. The van der Waals surface area contributed by atoms with Gasteiger partial charge in [-0.3, -0.25) is 4.79 Å². The maximum Gasteiger partial charge on any atom is 0.262 e. The van der Waals surface area contributed by atoms with Gasteiger partial charge in [0.05, 0.1) is 0 Å². The number of thiophene rings is 1. The summed E-state index contributed by atoms with van der Waals surface area (Å²) in [7, 11) is -3.53. The van der Waals surface area contributed by atoms with E-state index >= 15 is 0 Å². The number of nitrogens with one attached hydrogen (secondary N) is 1. The molecule has 0 saturated carbocycles. The summed E-state index contributed by atoms with van der Waals surface area (Å²) in [4.78, 5) is 12.2. The van der Waals surface area contributed by atoms with Crippen molar-refractivity contribution < 1.29 is 22.3 Å². The van der Waals surface area contributed by atoms with Gasteiger partial charge in [-0.1, -0.05) is 18.2 Å². The number of nitrogens with zero attached hydrogens (tertiary/aromatic N) is 1. The van der Waals surface area contributed by atoms with Crippen molar-refractivity contribution in [2.24, 2.45) is 0 Å². The van der Waals surface area contributed by atoms with Crippen molar-refractivity contribution in [2.75, 3.05) is 18.5 Å². The fourth-order valence-corrected chi connectivity index (χ4v) is 5.82. The molecule has 1 aliphatic heterocycles. The number of hydrogen-bond donors (Lipinski definition) is 1. The second-order valence-electron chi connectivity index (χ2n) is 6.80. The van der Waals surface area contributed by atoms with Crippen molar-refractivity contribution in [1.82, 2.24) is 4.31 Å². The predicted molar refractivity (Wildman–Crippen MR) is 113 cm³/mol. The zero-order valence-corrected chi connectivity index (χ0v) is 17.5. The number of halogens is 1. The molecule has 0 unspecified atom stereocenters. The van der Waals surface area contributed by atoms with Crippen molar-refractivity contribution in [2.45, 2.75) is 17.2 Å². The molecule has 4 rings (SSSR count). The number of rotatable bonds is 6. The summed E-state index contributed by atoms with van der Waals surface area (Å²) >= 11 is 1.20. The standard InChI is InChI=1S/C21H19FN2O4S2/c22-17-3-1-4-19(12-17)28-14-20(25)23-18-7-6-15-8-9-24(13-16(15)11-18)30(26,27)21-5-2-10-29-21/h1-7,10-12H,8-9,13-14H2,(H,23,25). The highest BCUT2D eigenvalue weighted by atomic mass is 32.2. The van der Waals surface area contributed by atoms with Gasteiger partial charge in [-0.25, -0.2) is 12.8 Å². The van der Waals surface area contributed by atoms with Crippen LogP contribution in [0.5, 0.6) is 5.75 Å². The molecule has 0 atom stereocenters. The molecule has 1 N–H and O–H groups in total. The van der Waals surface area contributed by atoms with Crippen molar-refractivity contribution >= 4 is 33.0 Å². The summed E-state index contributed by atoms with van der Waals surface area (Å²) in [6.07, 6.45) is 0.608. The topological polar surface area (TPSA) is 75.7 Å². The van der Waals surface area contributed by atoms with Crippen LogP contribution in [0.2, 0.25) is 0 Å². The number of amides is 1. The SMILES string of the molecule is O=C(COc1cccc(F)c1)Nc1ccc2c(c1)CN(S(=O)(=O)c1cccs1)CC2. The molecule has 1 aromatic heterocycles. The first-order valence-electron chi connectivity index (χ1n) is 9.25. The Morgan fingerprint density at radius 2 is 2.00 bits per heavy atom. The van der Waals surface area contributed by atoms with E-state index in [0.29, 0.717) is 22.9 Å². The zero-order chi connectivity index (χ0) is 21.1. The smallest absolute Gasteiger partial charge is 0.262 e. The van der Waals surface area contributed by atoms with Crippen LogP contribution in [0, 0.1) is 5.82 Å². The van der Waals surface area contributed by atoms with E-state index in [4.69, 9.17) is 4.74 Å². The Labute approximate surface area is 178 Å². The molecule has 30 heavy (non-hydrogen) atoms. The highest BCUT2D eigenvalue weighted by Gasteiger charge is 2.29. The molecule has 0 aliphatic carbocycles. The van der Waals surface area contributed by atoms with Gasteiger partial charge in [0.1, 0.15) is 15.8 Å². The van der Waals surface area contributed by atoms with Gasteiger partial charge in [0.25, 0.3) is 15.9 Å². The Hall–Kier alpha value is -2.75. The second kappa shape index (κ2) is 8.55. The maximum absolute atomic E-state index is 13.2. The van der Waals surface area contributed by atoms with Gasteiger partial charge in [0.2, 0.25) is 0 Å². The minimum absolute atomic E-state index is 0.249. The van der Waals surface area contributed by atoms with Gasteiger partial charge in [-0.2, -0.15) is 4.31 Å². The monoisotopic (exact) mass is 446 g/mol. The lowest BCUT2D eigenvalue weighted by molar-refractivity contribution is -0.118. The van der Waals surface area contributed by atoms with Gasteiger partial charge in [-0.05, 0) is 53.3 Å². The number of carbonyl (C=O) groups is 1. The normalized spacial score (nSPS) is 14.2. The Morgan fingerprint density at radius 1 is 1.13 bits per heavy atom. The molecule has 2 heterocycles. The number of carbonyl (C=O) groups excluding carboxylic acids is 1. The van der Waals surface area contributed by atoms with Gasteiger partial charge >= 0.3 is 0 Å². The van der Waals surface area contributed by atoms with E-state index in [1.54, 1.807) is 35.7 Å². The van der Waals surface area contributed by atoms with Crippen LogP contribution in [0.3, 0.4) is 0 Å². The molecule has 0 spiro atoms. The van der Waals surface area contributed by atoms with Crippen LogP contribution < -0.4 is 10.1 Å². The predicted octanol–water partition coefficient (Wildman–Crippen LogP) is 3.65. The van der Waals surface area contributed by atoms with E-state index in [9.17, 15) is 17.6 Å². The molecule has 0 saturated heterocycles. The minimum atomic E-state index is -3.53. The third kappa shape index (κ3) is 4.53. The van der Waals surface area contributed by atoms with Gasteiger partial charge in [0, 0.05) is 24.8 Å².